The van der Waals surface area contributed by atoms with Crippen molar-refractivity contribution in [2.75, 3.05) is 0 Å². The molecule has 0 aliphatic heterocycles. The lowest BCUT2D eigenvalue weighted by Crippen LogP contribution is -2.21. The van der Waals surface area contributed by atoms with Crippen LogP contribution >= 0.6 is 0 Å². The van der Waals surface area contributed by atoms with Crippen molar-refractivity contribution >= 4 is 11.8 Å². The zero-order valence-electron chi connectivity index (χ0n) is 14.7. The molecule has 0 aromatic heterocycles. The van der Waals surface area contributed by atoms with Crippen molar-refractivity contribution in [2.45, 2.75) is 90.4 Å². The fourth-order valence-corrected chi connectivity index (χ4v) is 2.39. The molecule has 0 fully saturated rings. The third-order valence-electron chi connectivity index (χ3n) is 3.81. The Morgan fingerprint density at radius 3 is 2.04 bits per heavy atom. The monoisotopic (exact) mass is 321 g/mol. The highest BCUT2D eigenvalue weighted by atomic mass is 16.4. The lowest BCUT2D eigenvalue weighted by molar-refractivity contribution is -0.305. The molecule has 0 heterocycles. The summed E-state index contributed by atoms with van der Waals surface area (Å²) in [6.07, 6.45) is 20.5. The van der Waals surface area contributed by atoms with Crippen LogP contribution in [0.15, 0.2) is 24.3 Å². The molecule has 0 aliphatic rings. The second kappa shape index (κ2) is 17.0. The van der Waals surface area contributed by atoms with E-state index in [9.17, 15) is 14.7 Å². The Labute approximate surface area is 141 Å². The summed E-state index contributed by atoms with van der Waals surface area (Å²) in [5, 5.41) is 10.2. The van der Waals surface area contributed by atoms with Crippen LogP contribution in [0, 0.1) is 0 Å². The van der Waals surface area contributed by atoms with Gasteiger partial charge in [0.25, 0.3) is 0 Å². The average Bonchev–Trinajstić information content (AvgIpc) is 2.51. The standard InChI is InChI=1S/C20H34O3/c1-2-3-13-16-19(21)17-14-11-9-7-5-4-6-8-10-12-15-18-20(22)23/h9,11,14,17H,2-8,10,12-13,15-16,18H2,1H3,(H,22,23)/p-1/b11-9-,17-14+. The first-order valence-electron chi connectivity index (χ1n) is 9.22. The summed E-state index contributed by atoms with van der Waals surface area (Å²) in [4.78, 5) is 21.7. The zero-order chi connectivity index (χ0) is 17.2. The molecular weight excluding hydrogens is 288 g/mol. The molecular formula is C20H33O3-. The van der Waals surface area contributed by atoms with Gasteiger partial charge in [-0.05, 0) is 38.2 Å². The highest BCUT2D eigenvalue weighted by Gasteiger charge is 1.94. The fourth-order valence-electron chi connectivity index (χ4n) is 2.39. The van der Waals surface area contributed by atoms with E-state index in [1.54, 1.807) is 6.08 Å². The summed E-state index contributed by atoms with van der Waals surface area (Å²) in [6.45, 7) is 2.14. The van der Waals surface area contributed by atoms with E-state index >= 15 is 0 Å². The topological polar surface area (TPSA) is 57.2 Å². The van der Waals surface area contributed by atoms with Crippen LogP contribution in [0.25, 0.3) is 0 Å². The van der Waals surface area contributed by atoms with Crippen LogP contribution in [0.2, 0.25) is 0 Å². The summed E-state index contributed by atoms with van der Waals surface area (Å²) in [7, 11) is 0. The summed E-state index contributed by atoms with van der Waals surface area (Å²) in [5.41, 5.74) is 0. The highest BCUT2D eigenvalue weighted by Crippen LogP contribution is 2.09. The van der Waals surface area contributed by atoms with Crippen LogP contribution < -0.4 is 5.11 Å². The number of rotatable bonds is 16. The van der Waals surface area contributed by atoms with E-state index in [-0.39, 0.29) is 12.2 Å². The summed E-state index contributed by atoms with van der Waals surface area (Å²) >= 11 is 0. The SMILES string of the molecule is CCCCCC(=O)/C=C/C=C\CCCCCCCCCC(=O)[O-]. The Morgan fingerprint density at radius 2 is 1.39 bits per heavy atom. The highest BCUT2D eigenvalue weighted by molar-refractivity contribution is 5.89. The molecule has 0 saturated heterocycles. The minimum absolute atomic E-state index is 0.194. The predicted molar refractivity (Wildman–Crippen MR) is 94.0 cm³/mol. The predicted octanol–water partition coefficient (Wildman–Crippen LogP) is 4.51. The molecule has 0 saturated carbocycles. The number of carbonyl (C=O) groups excluding carboxylic acids is 2. The van der Waals surface area contributed by atoms with E-state index in [1.807, 2.05) is 12.2 Å². The molecule has 0 N–H and O–H groups in total. The van der Waals surface area contributed by atoms with Crippen LogP contribution in [0.1, 0.15) is 90.4 Å². The van der Waals surface area contributed by atoms with Gasteiger partial charge in [0.1, 0.15) is 0 Å². The normalized spacial score (nSPS) is 11.5. The van der Waals surface area contributed by atoms with Crippen LogP contribution in [0.4, 0.5) is 0 Å². The first kappa shape index (κ1) is 21.6. The molecule has 0 aromatic carbocycles. The van der Waals surface area contributed by atoms with Crippen molar-refractivity contribution in [2.24, 2.45) is 0 Å². The van der Waals surface area contributed by atoms with Crippen molar-refractivity contribution in [3.8, 4) is 0 Å². The number of carboxylic acids is 1. The second-order valence-corrected chi connectivity index (χ2v) is 6.10. The molecule has 3 nitrogen and oxygen atoms in total. The first-order valence-corrected chi connectivity index (χ1v) is 9.22. The molecule has 3 heteroatoms. The molecule has 0 amide bonds. The maximum Gasteiger partial charge on any atom is 0.155 e. The lowest BCUT2D eigenvalue weighted by Gasteiger charge is -2.02. The third kappa shape index (κ3) is 18.6. The second-order valence-electron chi connectivity index (χ2n) is 6.10. The van der Waals surface area contributed by atoms with Gasteiger partial charge in [0.05, 0.1) is 0 Å². The van der Waals surface area contributed by atoms with Gasteiger partial charge in [-0.15, -0.1) is 0 Å². The lowest BCUT2D eigenvalue weighted by atomic mass is 10.1. The van der Waals surface area contributed by atoms with Crippen molar-refractivity contribution in [1.82, 2.24) is 0 Å². The van der Waals surface area contributed by atoms with E-state index in [4.69, 9.17) is 0 Å². The molecule has 23 heavy (non-hydrogen) atoms. The Balaban J connectivity index is 3.34. The van der Waals surface area contributed by atoms with Gasteiger partial charge in [-0.2, -0.15) is 0 Å². The Morgan fingerprint density at radius 1 is 0.783 bits per heavy atom. The molecule has 0 aromatic rings. The van der Waals surface area contributed by atoms with Crippen molar-refractivity contribution < 1.29 is 14.7 Å². The van der Waals surface area contributed by atoms with E-state index in [1.165, 1.54) is 25.7 Å². The molecule has 0 rings (SSSR count). The van der Waals surface area contributed by atoms with Crippen molar-refractivity contribution in [1.29, 1.82) is 0 Å². The van der Waals surface area contributed by atoms with Gasteiger partial charge in [0.2, 0.25) is 0 Å². The molecule has 0 unspecified atom stereocenters. The molecule has 0 atom stereocenters. The van der Waals surface area contributed by atoms with Crippen molar-refractivity contribution in [3.05, 3.63) is 24.3 Å². The quantitative estimate of drug-likeness (QED) is 0.239. The number of hydrogen-bond donors (Lipinski definition) is 0. The number of allylic oxidation sites excluding steroid dienone is 4. The number of ketones is 1. The molecule has 0 radical (unpaired) electrons. The number of aliphatic carboxylic acids is 1. The van der Waals surface area contributed by atoms with Gasteiger partial charge < -0.3 is 9.90 Å². The fraction of sp³-hybridized carbons (Fsp3) is 0.700. The molecule has 0 bridgehead atoms. The third-order valence-corrected chi connectivity index (χ3v) is 3.81. The van der Waals surface area contributed by atoms with Crippen molar-refractivity contribution in [3.63, 3.8) is 0 Å². The van der Waals surface area contributed by atoms with Gasteiger partial charge in [-0.1, -0.05) is 70.1 Å². The van der Waals surface area contributed by atoms with Gasteiger partial charge in [-0.3, -0.25) is 4.79 Å². The Hall–Kier alpha value is -1.38. The van der Waals surface area contributed by atoms with Gasteiger partial charge in [0.15, 0.2) is 5.78 Å². The van der Waals surface area contributed by atoms with Crippen LogP contribution in [0.5, 0.6) is 0 Å². The maximum absolute atomic E-state index is 11.5. The van der Waals surface area contributed by atoms with Gasteiger partial charge in [-0.25, -0.2) is 0 Å². The number of unbranched alkanes of at least 4 members (excludes halogenated alkanes) is 9. The zero-order valence-corrected chi connectivity index (χ0v) is 14.7. The minimum Gasteiger partial charge on any atom is -0.550 e. The maximum atomic E-state index is 11.5. The van der Waals surface area contributed by atoms with Crippen LogP contribution in [-0.4, -0.2) is 11.8 Å². The summed E-state index contributed by atoms with van der Waals surface area (Å²) in [6, 6.07) is 0. The van der Waals surface area contributed by atoms with Crippen LogP contribution in [0.3, 0.4) is 0 Å². The average molecular weight is 321 g/mol. The number of carbonyl (C=O) groups is 2. The molecule has 132 valence electrons. The van der Waals surface area contributed by atoms with E-state index in [2.05, 4.69) is 13.0 Å². The van der Waals surface area contributed by atoms with Crippen LogP contribution in [-0.2, 0) is 9.59 Å². The number of carboxylic acid groups (broad SMARTS) is 1. The Bertz CT molecular complexity index is 356. The molecule has 0 aliphatic carbocycles. The first-order chi connectivity index (χ1) is 11.2. The summed E-state index contributed by atoms with van der Waals surface area (Å²) in [5.74, 6) is -0.713. The van der Waals surface area contributed by atoms with Gasteiger partial charge in [0, 0.05) is 12.4 Å². The van der Waals surface area contributed by atoms with Gasteiger partial charge >= 0.3 is 0 Å². The Kier molecular flexibility index (Phi) is 16.0. The van der Waals surface area contributed by atoms with E-state index < -0.39 is 5.97 Å². The largest absolute Gasteiger partial charge is 0.550 e. The number of hydrogen-bond acceptors (Lipinski definition) is 3. The summed E-state index contributed by atoms with van der Waals surface area (Å²) < 4.78 is 0. The molecule has 0 spiro atoms. The minimum atomic E-state index is -0.937. The van der Waals surface area contributed by atoms with E-state index in [0.29, 0.717) is 6.42 Å². The smallest absolute Gasteiger partial charge is 0.155 e. The van der Waals surface area contributed by atoms with E-state index in [0.717, 1.165) is 44.9 Å².